The first-order chi connectivity index (χ1) is 13.2. The van der Waals surface area contributed by atoms with E-state index < -0.39 is 54.4 Å². The van der Waals surface area contributed by atoms with Gasteiger partial charge in [-0.05, 0) is 24.3 Å². The average molecular weight is 400 g/mol. The molecule has 5 atom stereocenters. The predicted octanol–water partition coefficient (Wildman–Crippen LogP) is 0.717. The average Bonchev–Trinajstić information content (AvgIpc) is 2.60. The molecule has 1 aromatic rings. The Bertz CT molecular complexity index is 706. The number of hydrogen-bond donors (Lipinski definition) is 1. The van der Waals surface area contributed by atoms with E-state index in [0.717, 1.165) is 26.0 Å². The summed E-state index contributed by atoms with van der Waals surface area (Å²) in [6, 6.07) is 4.91. The number of aliphatic hydroxyl groups excluding tert-OH is 1. The van der Waals surface area contributed by atoms with Gasteiger partial charge in [-0.3, -0.25) is 14.4 Å². The molecule has 154 valence electrons. The van der Waals surface area contributed by atoms with Crippen molar-refractivity contribution in [3.8, 4) is 5.75 Å². The molecule has 28 heavy (non-hydrogen) atoms. The standard InChI is InChI=1S/C18H21FO9/c1-9(20)24-8-14-16(25-10(2)21)17(26-11(3)22)15(23)18(28-14)27-13-6-4-12(19)5-7-13/h4-7,14-18,23H,8H2,1-3H3/t14-,15-,16-,17-,18+/m1/s1. The van der Waals surface area contributed by atoms with Crippen LogP contribution >= 0.6 is 0 Å². The molecule has 1 N–H and O–H groups in total. The molecule has 0 saturated carbocycles. The monoisotopic (exact) mass is 400 g/mol. The Hall–Kier alpha value is -2.72. The molecule has 0 aliphatic carbocycles. The molecule has 1 aliphatic heterocycles. The predicted molar refractivity (Wildman–Crippen MR) is 89.4 cm³/mol. The Morgan fingerprint density at radius 1 is 1.00 bits per heavy atom. The van der Waals surface area contributed by atoms with Crippen LogP contribution in [0.4, 0.5) is 4.39 Å². The van der Waals surface area contributed by atoms with Crippen LogP contribution in [-0.2, 0) is 33.3 Å². The van der Waals surface area contributed by atoms with Crippen LogP contribution in [0.1, 0.15) is 20.8 Å². The normalized spacial score (nSPS) is 26.8. The third-order valence-electron chi connectivity index (χ3n) is 3.74. The highest BCUT2D eigenvalue weighted by Gasteiger charge is 2.50. The van der Waals surface area contributed by atoms with E-state index in [4.69, 9.17) is 23.7 Å². The first kappa shape index (κ1) is 21.6. The third-order valence-corrected chi connectivity index (χ3v) is 3.74. The number of esters is 3. The van der Waals surface area contributed by atoms with Crippen LogP contribution in [0.3, 0.4) is 0 Å². The van der Waals surface area contributed by atoms with Crippen LogP contribution in [0.15, 0.2) is 24.3 Å². The molecule has 0 aromatic heterocycles. The molecule has 1 heterocycles. The highest BCUT2D eigenvalue weighted by Crippen LogP contribution is 2.29. The van der Waals surface area contributed by atoms with Crippen LogP contribution < -0.4 is 4.74 Å². The van der Waals surface area contributed by atoms with Crippen molar-refractivity contribution in [2.75, 3.05) is 6.61 Å². The SMILES string of the molecule is CC(=O)OC[C@H]1O[C@H](Oc2ccc(F)cc2)[C@H](O)[C@@H](OC(C)=O)[C@@H]1OC(C)=O. The highest BCUT2D eigenvalue weighted by atomic mass is 19.1. The molecule has 1 aliphatic rings. The zero-order chi connectivity index (χ0) is 20.8. The van der Waals surface area contributed by atoms with Crippen LogP contribution in [0.2, 0.25) is 0 Å². The van der Waals surface area contributed by atoms with E-state index in [1.807, 2.05) is 0 Å². The molecule has 9 nitrogen and oxygen atoms in total. The van der Waals surface area contributed by atoms with E-state index in [1.54, 1.807) is 0 Å². The van der Waals surface area contributed by atoms with Crippen molar-refractivity contribution in [2.45, 2.75) is 51.5 Å². The summed E-state index contributed by atoms with van der Waals surface area (Å²) in [5.74, 6) is -2.39. The first-order valence-electron chi connectivity index (χ1n) is 8.41. The molecule has 0 bridgehead atoms. The van der Waals surface area contributed by atoms with Gasteiger partial charge < -0.3 is 28.8 Å². The highest BCUT2D eigenvalue weighted by molar-refractivity contribution is 5.67. The van der Waals surface area contributed by atoms with Gasteiger partial charge in [0.1, 0.15) is 24.3 Å². The van der Waals surface area contributed by atoms with E-state index in [2.05, 4.69) is 0 Å². The molecule has 10 heteroatoms. The number of carbonyl (C=O) groups excluding carboxylic acids is 3. The molecule has 1 fully saturated rings. The van der Waals surface area contributed by atoms with Gasteiger partial charge in [0.05, 0.1) is 0 Å². The maximum Gasteiger partial charge on any atom is 0.303 e. The molecule has 0 radical (unpaired) electrons. The smallest absolute Gasteiger partial charge is 0.303 e. The number of rotatable bonds is 6. The number of benzene rings is 1. The lowest BCUT2D eigenvalue weighted by atomic mass is 9.98. The van der Waals surface area contributed by atoms with Crippen molar-refractivity contribution >= 4 is 17.9 Å². The fraction of sp³-hybridized carbons (Fsp3) is 0.500. The molecule has 0 spiro atoms. The van der Waals surface area contributed by atoms with E-state index in [0.29, 0.717) is 0 Å². The molecule has 0 unspecified atom stereocenters. The van der Waals surface area contributed by atoms with E-state index >= 15 is 0 Å². The minimum atomic E-state index is -1.55. The lowest BCUT2D eigenvalue weighted by molar-refractivity contribution is -0.285. The van der Waals surface area contributed by atoms with Gasteiger partial charge in [0.2, 0.25) is 6.29 Å². The van der Waals surface area contributed by atoms with Crippen LogP contribution in [0.5, 0.6) is 5.75 Å². The van der Waals surface area contributed by atoms with Crippen molar-refractivity contribution in [2.24, 2.45) is 0 Å². The summed E-state index contributed by atoms with van der Waals surface area (Å²) in [6.07, 6.45) is -6.61. The first-order valence-corrected chi connectivity index (χ1v) is 8.41. The van der Waals surface area contributed by atoms with Crippen LogP contribution in [-0.4, -0.2) is 60.3 Å². The Morgan fingerprint density at radius 3 is 2.11 bits per heavy atom. The second-order valence-electron chi connectivity index (χ2n) is 6.06. The summed E-state index contributed by atoms with van der Waals surface area (Å²) in [7, 11) is 0. The Kier molecular flexibility index (Phi) is 7.30. The fourth-order valence-corrected chi connectivity index (χ4v) is 2.63. The van der Waals surface area contributed by atoms with E-state index in [9.17, 15) is 23.9 Å². The van der Waals surface area contributed by atoms with E-state index in [1.165, 1.54) is 19.1 Å². The van der Waals surface area contributed by atoms with Crippen molar-refractivity contribution in [1.29, 1.82) is 0 Å². The van der Waals surface area contributed by atoms with Crippen molar-refractivity contribution in [1.82, 2.24) is 0 Å². The number of ether oxygens (including phenoxy) is 5. The number of aliphatic hydroxyl groups is 1. The molecule has 0 amide bonds. The fourth-order valence-electron chi connectivity index (χ4n) is 2.63. The van der Waals surface area contributed by atoms with Gasteiger partial charge in [0.25, 0.3) is 0 Å². The second kappa shape index (κ2) is 9.47. The van der Waals surface area contributed by atoms with Crippen LogP contribution in [0.25, 0.3) is 0 Å². The zero-order valence-corrected chi connectivity index (χ0v) is 15.5. The summed E-state index contributed by atoms with van der Waals surface area (Å²) >= 11 is 0. The van der Waals surface area contributed by atoms with Gasteiger partial charge >= 0.3 is 17.9 Å². The summed E-state index contributed by atoms with van der Waals surface area (Å²) in [6.45, 7) is 3.07. The molecular formula is C18H21FO9. The lowest BCUT2D eigenvalue weighted by Crippen LogP contribution is -2.62. The van der Waals surface area contributed by atoms with Gasteiger partial charge in [0, 0.05) is 20.8 Å². The Labute approximate surface area is 160 Å². The lowest BCUT2D eigenvalue weighted by Gasteiger charge is -2.42. The zero-order valence-electron chi connectivity index (χ0n) is 15.5. The largest absolute Gasteiger partial charge is 0.463 e. The summed E-state index contributed by atoms with van der Waals surface area (Å²) < 4.78 is 39.3. The molecular weight excluding hydrogens is 379 g/mol. The number of hydrogen-bond acceptors (Lipinski definition) is 9. The maximum atomic E-state index is 13.1. The quantitative estimate of drug-likeness (QED) is 0.544. The minimum absolute atomic E-state index is 0.171. The number of halogens is 1. The van der Waals surface area contributed by atoms with Gasteiger partial charge in [-0.15, -0.1) is 0 Å². The minimum Gasteiger partial charge on any atom is -0.463 e. The summed E-state index contributed by atoms with van der Waals surface area (Å²) in [4.78, 5) is 34.1. The molecule has 1 saturated heterocycles. The van der Waals surface area contributed by atoms with Crippen molar-refractivity contribution < 1.29 is 47.6 Å². The van der Waals surface area contributed by atoms with E-state index in [-0.39, 0.29) is 12.4 Å². The Morgan fingerprint density at radius 2 is 1.57 bits per heavy atom. The van der Waals surface area contributed by atoms with Crippen LogP contribution in [0, 0.1) is 5.82 Å². The maximum absolute atomic E-state index is 13.1. The topological polar surface area (TPSA) is 118 Å². The molecule has 1 aromatic carbocycles. The van der Waals surface area contributed by atoms with Gasteiger partial charge in [-0.2, -0.15) is 0 Å². The van der Waals surface area contributed by atoms with Gasteiger partial charge in [0.15, 0.2) is 18.3 Å². The second-order valence-corrected chi connectivity index (χ2v) is 6.06. The summed E-state index contributed by atoms with van der Waals surface area (Å²) in [5.41, 5.74) is 0. The van der Waals surface area contributed by atoms with Gasteiger partial charge in [-0.1, -0.05) is 0 Å². The summed E-state index contributed by atoms with van der Waals surface area (Å²) in [5, 5.41) is 10.6. The third kappa shape index (κ3) is 5.89. The van der Waals surface area contributed by atoms with Gasteiger partial charge in [-0.25, -0.2) is 4.39 Å². The Balaban J connectivity index is 2.28. The van der Waals surface area contributed by atoms with Crippen molar-refractivity contribution in [3.63, 3.8) is 0 Å². The van der Waals surface area contributed by atoms with Crippen molar-refractivity contribution in [3.05, 3.63) is 30.1 Å². The number of carbonyl (C=O) groups is 3. The molecule has 2 rings (SSSR count).